The van der Waals surface area contributed by atoms with Crippen LogP contribution < -0.4 is 10.6 Å². The predicted octanol–water partition coefficient (Wildman–Crippen LogP) is 0.976. The van der Waals surface area contributed by atoms with Gasteiger partial charge >= 0.3 is 5.97 Å². The van der Waals surface area contributed by atoms with Crippen molar-refractivity contribution in [3.63, 3.8) is 0 Å². The summed E-state index contributed by atoms with van der Waals surface area (Å²) in [7, 11) is 0. The van der Waals surface area contributed by atoms with E-state index in [-0.39, 0.29) is 17.9 Å². The SMILES string of the molecule is CCOC(=O)C(CC)NCCCC(=O)NC1CC1. The van der Waals surface area contributed by atoms with Gasteiger partial charge in [-0.25, -0.2) is 0 Å². The Kier molecular flexibility index (Phi) is 6.72. The lowest BCUT2D eigenvalue weighted by Gasteiger charge is -2.15. The largest absolute Gasteiger partial charge is 0.465 e. The number of hydrogen-bond donors (Lipinski definition) is 2. The molecule has 1 unspecified atom stereocenters. The fourth-order valence-corrected chi connectivity index (χ4v) is 1.69. The molecule has 2 N–H and O–H groups in total. The lowest BCUT2D eigenvalue weighted by atomic mass is 10.2. The molecule has 18 heavy (non-hydrogen) atoms. The number of carbonyl (C=O) groups excluding carboxylic acids is 2. The molecule has 0 radical (unpaired) electrons. The molecule has 1 amide bonds. The maximum atomic E-state index is 11.5. The maximum Gasteiger partial charge on any atom is 0.323 e. The average Bonchev–Trinajstić information content (AvgIpc) is 3.13. The van der Waals surface area contributed by atoms with Gasteiger partial charge in [0, 0.05) is 12.5 Å². The first-order valence-electron chi connectivity index (χ1n) is 6.86. The Morgan fingerprint density at radius 3 is 2.61 bits per heavy atom. The van der Waals surface area contributed by atoms with Crippen LogP contribution in [-0.4, -0.2) is 37.1 Å². The Hall–Kier alpha value is -1.10. The summed E-state index contributed by atoms with van der Waals surface area (Å²) in [6, 6.07) is 0.171. The molecule has 1 aliphatic rings. The second-order valence-electron chi connectivity index (χ2n) is 4.61. The third-order valence-corrected chi connectivity index (χ3v) is 2.89. The van der Waals surface area contributed by atoms with Crippen LogP contribution in [0.1, 0.15) is 46.0 Å². The first-order valence-corrected chi connectivity index (χ1v) is 6.86. The van der Waals surface area contributed by atoms with Crippen LogP contribution in [0.4, 0.5) is 0 Å². The summed E-state index contributed by atoms with van der Waals surface area (Å²) in [5.74, 6) is -0.0917. The molecule has 0 saturated heterocycles. The molecular formula is C13H24N2O3. The smallest absolute Gasteiger partial charge is 0.323 e. The van der Waals surface area contributed by atoms with E-state index in [2.05, 4.69) is 10.6 Å². The average molecular weight is 256 g/mol. The van der Waals surface area contributed by atoms with E-state index in [9.17, 15) is 9.59 Å². The second-order valence-corrected chi connectivity index (χ2v) is 4.61. The quantitative estimate of drug-likeness (QED) is 0.476. The molecule has 1 fully saturated rings. The summed E-state index contributed by atoms with van der Waals surface area (Å²) in [5, 5.41) is 6.06. The lowest BCUT2D eigenvalue weighted by molar-refractivity contribution is -0.145. The first kappa shape index (κ1) is 15.0. The third kappa shape index (κ3) is 6.00. The highest BCUT2D eigenvalue weighted by Crippen LogP contribution is 2.18. The molecule has 0 bridgehead atoms. The summed E-state index contributed by atoms with van der Waals surface area (Å²) in [6.07, 6.45) is 4.19. The van der Waals surface area contributed by atoms with E-state index in [0.717, 1.165) is 19.3 Å². The van der Waals surface area contributed by atoms with Gasteiger partial charge in [0.2, 0.25) is 5.91 Å². The Labute approximate surface area is 109 Å². The molecule has 104 valence electrons. The molecule has 0 aliphatic heterocycles. The molecular weight excluding hydrogens is 232 g/mol. The third-order valence-electron chi connectivity index (χ3n) is 2.89. The molecule has 0 heterocycles. The first-order chi connectivity index (χ1) is 8.67. The van der Waals surface area contributed by atoms with Crippen molar-refractivity contribution in [2.45, 2.75) is 58.0 Å². The molecule has 0 aromatic rings. The molecule has 5 heteroatoms. The number of rotatable bonds is 9. The van der Waals surface area contributed by atoms with Crippen molar-refractivity contribution in [3.8, 4) is 0 Å². The van der Waals surface area contributed by atoms with Gasteiger partial charge in [0.05, 0.1) is 6.61 Å². The van der Waals surface area contributed by atoms with Crippen molar-refractivity contribution in [2.75, 3.05) is 13.2 Å². The number of ether oxygens (including phenoxy) is 1. The Morgan fingerprint density at radius 2 is 2.06 bits per heavy atom. The molecule has 0 aromatic heterocycles. The van der Waals surface area contributed by atoms with Gasteiger partial charge in [0.15, 0.2) is 0 Å². The van der Waals surface area contributed by atoms with Crippen LogP contribution in [0.25, 0.3) is 0 Å². The van der Waals surface area contributed by atoms with Crippen molar-refractivity contribution < 1.29 is 14.3 Å². The van der Waals surface area contributed by atoms with Gasteiger partial charge in [-0.3, -0.25) is 9.59 Å². The zero-order valence-corrected chi connectivity index (χ0v) is 11.3. The van der Waals surface area contributed by atoms with Gasteiger partial charge < -0.3 is 15.4 Å². The van der Waals surface area contributed by atoms with Crippen LogP contribution in [0.3, 0.4) is 0 Å². The zero-order valence-electron chi connectivity index (χ0n) is 11.3. The normalized spacial score (nSPS) is 16.1. The maximum absolute atomic E-state index is 11.5. The molecule has 0 spiro atoms. The fourth-order valence-electron chi connectivity index (χ4n) is 1.69. The Bertz CT molecular complexity index is 277. The van der Waals surface area contributed by atoms with Crippen molar-refractivity contribution in [1.29, 1.82) is 0 Å². The van der Waals surface area contributed by atoms with Gasteiger partial charge in [0.25, 0.3) is 0 Å². The number of esters is 1. The van der Waals surface area contributed by atoms with Crippen LogP contribution in [0.2, 0.25) is 0 Å². The van der Waals surface area contributed by atoms with Crippen molar-refractivity contribution >= 4 is 11.9 Å². The number of amides is 1. The molecule has 1 rings (SSSR count). The van der Waals surface area contributed by atoms with Gasteiger partial charge in [-0.05, 0) is 39.2 Å². The van der Waals surface area contributed by atoms with E-state index in [0.29, 0.717) is 32.0 Å². The minimum Gasteiger partial charge on any atom is -0.465 e. The zero-order chi connectivity index (χ0) is 13.4. The van der Waals surface area contributed by atoms with Crippen LogP contribution >= 0.6 is 0 Å². The molecule has 1 aliphatic carbocycles. The van der Waals surface area contributed by atoms with Crippen LogP contribution in [0.5, 0.6) is 0 Å². The minimum absolute atomic E-state index is 0.114. The standard InChI is InChI=1S/C13H24N2O3/c1-3-11(13(17)18-4-2)14-9-5-6-12(16)15-10-7-8-10/h10-11,14H,3-9H2,1-2H3,(H,15,16). The minimum atomic E-state index is -0.253. The summed E-state index contributed by atoms with van der Waals surface area (Å²) < 4.78 is 4.95. The van der Waals surface area contributed by atoms with Crippen LogP contribution in [-0.2, 0) is 14.3 Å². The molecule has 1 atom stereocenters. The van der Waals surface area contributed by atoms with Gasteiger partial charge in [-0.2, -0.15) is 0 Å². The van der Waals surface area contributed by atoms with E-state index in [4.69, 9.17) is 4.74 Å². The predicted molar refractivity (Wildman–Crippen MR) is 69.1 cm³/mol. The van der Waals surface area contributed by atoms with Crippen molar-refractivity contribution in [1.82, 2.24) is 10.6 Å². The number of hydrogen-bond acceptors (Lipinski definition) is 4. The molecule has 5 nitrogen and oxygen atoms in total. The van der Waals surface area contributed by atoms with E-state index in [1.807, 2.05) is 6.92 Å². The van der Waals surface area contributed by atoms with Crippen LogP contribution in [0.15, 0.2) is 0 Å². The highest BCUT2D eigenvalue weighted by molar-refractivity contribution is 5.76. The van der Waals surface area contributed by atoms with Gasteiger partial charge in [-0.15, -0.1) is 0 Å². The second kappa shape index (κ2) is 8.08. The molecule has 0 aromatic carbocycles. The van der Waals surface area contributed by atoms with Gasteiger partial charge in [-0.1, -0.05) is 6.92 Å². The highest BCUT2D eigenvalue weighted by Gasteiger charge is 2.22. The summed E-state index contributed by atoms with van der Waals surface area (Å²) in [5.41, 5.74) is 0. The fraction of sp³-hybridized carbons (Fsp3) is 0.846. The Morgan fingerprint density at radius 1 is 1.33 bits per heavy atom. The number of nitrogens with one attached hydrogen (secondary N) is 2. The highest BCUT2D eigenvalue weighted by atomic mass is 16.5. The van der Waals surface area contributed by atoms with E-state index >= 15 is 0 Å². The van der Waals surface area contributed by atoms with Gasteiger partial charge in [0.1, 0.15) is 6.04 Å². The summed E-state index contributed by atoms with van der Waals surface area (Å²) >= 11 is 0. The molecule has 1 saturated carbocycles. The van der Waals surface area contributed by atoms with E-state index < -0.39 is 0 Å². The monoisotopic (exact) mass is 256 g/mol. The topological polar surface area (TPSA) is 67.4 Å². The number of carbonyl (C=O) groups is 2. The van der Waals surface area contributed by atoms with Crippen molar-refractivity contribution in [2.24, 2.45) is 0 Å². The Balaban J connectivity index is 2.06. The van der Waals surface area contributed by atoms with E-state index in [1.54, 1.807) is 6.92 Å². The lowest BCUT2D eigenvalue weighted by Crippen LogP contribution is -2.38. The summed E-state index contributed by atoms with van der Waals surface area (Å²) in [4.78, 5) is 22.9. The summed E-state index contributed by atoms with van der Waals surface area (Å²) in [6.45, 7) is 4.80. The van der Waals surface area contributed by atoms with E-state index in [1.165, 1.54) is 0 Å². The van der Waals surface area contributed by atoms with Crippen LogP contribution in [0, 0.1) is 0 Å². The van der Waals surface area contributed by atoms with Crippen molar-refractivity contribution in [3.05, 3.63) is 0 Å².